The fourth-order valence-corrected chi connectivity index (χ4v) is 3.11. The smallest absolute Gasteiger partial charge is 0.306 e. The van der Waals surface area contributed by atoms with E-state index in [9.17, 15) is 4.79 Å². The molecule has 4 rings (SSSR count). The van der Waals surface area contributed by atoms with Gasteiger partial charge < -0.3 is 9.80 Å². The van der Waals surface area contributed by atoms with Crippen molar-refractivity contribution in [3.05, 3.63) is 47.5 Å². The predicted molar refractivity (Wildman–Crippen MR) is 90.0 cm³/mol. The molecule has 3 aromatic rings. The molecule has 1 fully saturated rings. The lowest BCUT2D eigenvalue weighted by molar-refractivity contribution is -0.347. The second kappa shape index (κ2) is 6.09. The number of hydrogen-bond donors (Lipinski definition) is 1. The number of nitrogens with zero attached hydrogens (tertiary/aromatic N) is 4. The molecule has 0 aliphatic carbocycles. The summed E-state index contributed by atoms with van der Waals surface area (Å²) in [6.45, 7) is 2.67. The maximum Gasteiger partial charge on any atom is 0.306 e. The van der Waals surface area contributed by atoms with Crippen molar-refractivity contribution >= 4 is 34.5 Å². The Bertz CT molecular complexity index is 873. The van der Waals surface area contributed by atoms with Crippen molar-refractivity contribution in [3.8, 4) is 0 Å². The van der Waals surface area contributed by atoms with E-state index in [-0.39, 0.29) is 11.2 Å². The summed E-state index contributed by atoms with van der Waals surface area (Å²) >= 11 is 6.01. The number of rotatable bonds is 2. The molecule has 0 spiro atoms. The van der Waals surface area contributed by atoms with E-state index in [1.54, 1.807) is 6.33 Å². The number of benzene rings is 1. The number of amides is 1. The van der Waals surface area contributed by atoms with Crippen LogP contribution >= 0.6 is 11.6 Å². The van der Waals surface area contributed by atoms with E-state index >= 15 is 0 Å². The first-order valence-electron chi connectivity index (χ1n) is 7.74. The zero-order valence-corrected chi connectivity index (χ0v) is 13.6. The van der Waals surface area contributed by atoms with Gasteiger partial charge >= 0.3 is 10.9 Å². The van der Waals surface area contributed by atoms with Gasteiger partial charge in [0.05, 0.1) is 0 Å². The van der Waals surface area contributed by atoms with Crippen LogP contribution in [-0.4, -0.2) is 51.9 Å². The Morgan fingerprint density at radius 1 is 1.12 bits per heavy atom. The third-order valence-electron chi connectivity index (χ3n) is 4.18. The number of aromatic nitrogens is 4. The van der Waals surface area contributed by atoms with Crippen molar-refractivity contribution < 1.29 is 9.78 Å². The summed E-state index contributed by atoms with van der Waals surface area (Å²) in [5.41, 5.74) is 2.22. The number of nitrogens with one attached hydrogen (secondary N) is 2. The summed E-state index contributed by atoms with van der Waals surface area (Å²) in [5.74, 6) is 0.826. The normalized spacial score (nSPS) is 15.0. The molecule has 0 bridgehead atoms. The summed E-state index contributed by atoms with van der Waals surface area (Å²) in [4.78, 5) is 31.1. The van der Waals surface area contributed by atoms with E-state index < -0.39 is 0 Å². The Morgan fingerprint density at radius 3 is 2.62 bits per heavy atom. The SMILES string of the molecule is O=C(c1ccccc1)N1CCN(c2nc(Cl)nc3[nH+]c[nH]c23)CC1. The minimum absolute atomic E-state index is 0.0642. The molecule has 0 atom stereocenters. The van der Waals surface area contributed by atoms with Gasteiger partial charge in [0.1, 0.15) is 0 Å². The van der Waals surface area contributed by atoms with Gasteiger partial charge in [-0.15, -0.1) is 0 Å². The van der Waals surface area contributed by atoms with E-state index in [2.05, 4.69) is 24.8 Å². The molecule has 2 N–H and O–H groups in total. The first-order valence-corrected chi connectivity index (χ1v) is 8.12. The average molecular weight is 344 g/mol. The van der Waals surface area contributed by atoms with Gasteiger partial charge in [-0.25, -0.2) is 4.98 Å². The number of carbonyl (C=O) groups is 1. The number of piperazine rings is 1. The van der Waals surface area contributed by atoms with Crippen LogP contribution in [0.2, 0.25) is 5.28 Å². The van der Waals surface area contributed by atoms with Gasteiger partial charge in [-0.05, 0) is 23.7 Å². The van der Waals surface area contributed by atoms with Gasteiger partial charge in [0.2, 0.25) is 5.52 Å². The van der Waals surface area contributed by atoms with Gasteiger partial charge in [-0.2, -0.15) is 4.98 Å². The monoisotopic (exact) mass is 343 g/mol. The molecule has 2 aromatic heterocycles. The van der Waals surface area contributed by atoms with Crippen molar-refractivity contribution in [3.63, 3.8) is 0 Å². The van der Waals surface area contributed by atoms with Crippen LogP contribution in [0.25, 0.3) is 11.2 Å². The van der Waals surface area contributed by atoms with E-state index in [0.717, 1.165) is 16.9 Å². The molecule has 3 heterocycles. The lowest BCUT2D eigenvalue weighted by atomic mass is 10.2. The molecule has 1 saturated heterocycles. The summed E-state index contributed by atoms with van der Waals surface area (Å²) in [5, 5.41) is 0.205. The highest BCUT2D eigenvalue weighted by Crippen LogP contribution is 2.23. The minimum Gasteiger partial charge on any atom is -0.350 e. The molecule has 122 valence electrons. The number of H-pyrrole nitrogens is 2. The Morgan fingerprint density at radius 2 is 1.88 bits per heavy atom. The van der Waals surface area contributed by atoms with Crippen LogP contribution in [0.4, 0.5) is 5.82 Å². The molecule has 1 aromatic carbocycles. The Balaban J connectivity index is 1.52. The predicted octanol–water partition coefficient (Wildman–Crippen LogP) is 1.39. The fourth-order valence-electron chi connectivity index (χ4n) is 2.95. The second-order valence-corrected chi connectivity index (χ2v) is 5.96. The summed E-state index contributed by atoms with van der Waals surface area (Å²) in [6, 6.07) is 9.36. The molecule has 7 nitrogen and oxygen atoms in total. The number of aromatic amines is 2. The summed E-state index contributed by atoms with van der Waals surface area (Å²) < 4.78 is 0. The molecule has 1 aliphatic heterocycles. The van der Waals surface area contributed by atoms with Crippen LogP contribution in [-0.2, 0) is 0 Å². The Hall–Kier alpha value is -2.67. The molecule has 1 amide bonds. The highest BCUT2D eigenvalue weighted by molar-refractivity contribution is 6.28. The van der Waals surface area contributed by atoms with E-state index in [1.807, 2.05) is 35.2 Å². The molecule has 24 heavy (non-hydrogen) atoms. The van der Waals surface area contributed by atoms with Crippen molar-refractivity contribution in [2.75, 3.05) is 31.1 Å². The first-order chi connectivity index (χ1) is 11.7. The Labute approximate surface area is 143 Å². The third-order valence-corrected chi connectivity index (χ3v) is 4.34. The van der Waals surface area contributed by atoms with Gasteiger partial charge in [0.15, 0.2) is 12.1 Å². The van der Waals surface area contributed by atoms with Crippen molar-refractivity contribution in [1.82, 2.24) is 19.9 Å². The zero-order valence-electron chi connectivity index (χ0n) is 12.9. The third kappa shape index (κ3) is 2.67. The maximum absolute atomic E-state index is 12.5. The number of hydrogen-bond acceptors (Lipinski definition) is 4. The van der Waals surface area contributed by atoms with Crippen LogP contribution in [0, 0.1) is 0 Å². The molecule has 1 aliphatic rings. The zero-order chi connectivity index (χ0) is 16.5. The number of halogens is 1. The molecule has 0 unspecified atom stereocenters. The second-order valence-electron chi connectivity index (χ2n) is 5.62. The molecular formula is C16H16ClN6O+. The maximum atomic E-state index is 12.5. The fraction of sp³-hybridized carbons (Fsp3) is 0.250. The largest absolute Gasteiger partial charge is 0.350 e. The first kappa shape index (κ1) is 14.9. The van der Waals surface area contributed by atoms with Crippen LogP contribution in [0.1, 0.15) is 10.4 Å². The number of anilines is 1. The van der Waals surface area contributed by atoms with Crippen molar-refractivity contribution in [2.45, 2.75) is 0 Å². The van der Waals surface area contributed by atoms with Gasteiger partial charge in [-0.1, -0.05) is 23.2 Å². The average Bonchev–Trinajstić information content (AvgIpc) is 3.09. The lowest BCUT2D eigenvalue weighted by Crippen LogP contribution is -2.49. The topological polar surface area (TPSA) is 79.3 Å². The van der Waals surface area contributed by atoms with Gasteiger partial charge in [0, 0.05) is 31.7 Å². The van der Waals surface area contributed by atoms with Crippen LogP contribution < -0.4 is 9.88 Å². The highest BCUT2D eigenvalue weighted by Gasteiger charge is 2.26. The minimum atomic E-state index is 0.0642. The standard InChI is InChI=1S/C16H15ClN6O/c17-16-20-13-12(18-10-19-13)14(21-16)22-6-8-23(9-7-22)15(24)11-4-2-1-3-5-11/h1-5,10H,6-9H2,(H,18,19,20,21)/p+1. The van der Waals surface area contributed by atoms with Crippen LogP contribution in [0.15, 0.2) is 36.7 Å². The molecule has 8 heteroatoms. The summed E-state index contributed by atoms with van der Waals surface area (Å²) in [6.07, 6.45) is 1.70. The molecule has 0 saturated carbocycles. The molecule has 0 radical (unpaired) electrons. The van der Waals surface area contributed by atoms with Gasteiger partial charge in [0.25, 0.3) is 5.91 Å². The lowest BCUT2D eigenvalue weighted by Gasteiger charge is -2.35. The van der Waals surface area contributed by atoms with E-state index in [4.69, 9.17) is 11.6 Å². The number of fused-ring (bicyclic) bond motifs is 1. The van der Waals surface area contributed by atoms with Crippen molar-refractivity contribution in [2.24, 2.45) is 0 Å². The highest BCUT2D eigenvalue weighted by atomic mass is 35.5. The van der Waals surface area contributed by atoms with E-state index in [0.29, 0.717) is 31.8 Å². The van der Waals surface area contributed by atoms with E-state index in [1.165, 1.54) is 0 Å². The quantitative estimate of drug-likeness (QED) is 0.713. The van der Waals surface area contributed by atoms with Gasteiger partial charge in [-0.3, -0.25) is 9.78 Å². The summed E-state index contributed by atoms with van der Waals surface area (Å²) in [7, 11) is 0. The molecular weight excluding hydrogens is 328 g/mol. The van der Waals surface area contributed by atoms with Crippen LogP contribution in [0.3, 0.4) is 0 Å². The van der Waals surface area contributed by atoms with Crippen LogP contribution in [0.5, 0.6) is 0 Å². The number of carbonyl (C=O) groups excluding carboxylic acids is 1. The number of imidazole rings is 1. The Kier molecular flexibility index (Phi) is 3.78. The van der Waals surface area contributed by atoms with Crippen molar-refractivity contribution in [1.29, 1.82) is 0 Å².